The number of pyridine rings is 1. The predicted octanol–water partition coefficient (Wildman–Crippen LogP) is 1.81. The lowest BCUT2D eigenvalue weighted by Gasteiger charge is -2.18. The van der Waals surface area contributed by atoms with Crippen molar-refractivity contribution in [3.8, 4) is 0 Å². The molecule has 7 nitrogen and oxygen atoms in total. The van der Waals surface area contributed by atoms with Crippen molar-refractivity contribution in [2.45, 2.75) is 12.5 Å². The van der Waals surface area contributed by atoms with Crippen molar-refractivity contribution in [2.24, 2.45) is 5.73 Å². The van der Waals surface area contributed by atoms with Crippen LogP contribution in [-0.4, -0.2) is 22.4 Å². The van der Waals surface area contributed by atoms with Crippen LogP contribution in [0.3, 0.4) is 0 Å². The maximum Gasteiger partial charge on any atom is 0.274 e. The van der Waals surface area contributed by atoms with Crippen molar-refractivity contribution in [1.29, 1.82) is 0 Å². The van der Waals surface area contributed by atoms with Crippen molar-refractivity contribution >= 4 is 11.6 Å². The summed E-state index contributed by atoms with van der Waals surface area (Å²) in [4.78, 5) is 26.8. The van der Waals surface area contributed by atoms with Gasteiger partial charge in [-0.3, -0.25) is 19.9 Å². The molecule has 3 N–H and O–H groups in total. The van der Waals surface area contributed by atoms with E-state index in [0.717, 1.165) is 0 Å². The molecule has 0 aliphatic rings. The van der Waals surface area contributed by atoms with Gasteiger partial charge in [-0.15, -0.1) is 0 Å². The van der Waals surface area contributed by atoms with Gasteiger partial charge in [0, 0.05) is 12.3 Å². The maximum absolute atomic E-state index is 12.2. The average molecular weight is 300 g/mol. The minimum absolute atomic E-state index is 0.0396. The van der Waals surface area contributed by atoms with E-state index in [9.17, 15) is 14.9 Å². The number of nitro groups is 1. The lowest BCUT2D eigenvalue weighted by molar-refractivity contribution is -0.385. The Morgan fingerprint density at radius 2 is 2.00 bits per heavy atom. The van der Waals surface area contributed by atoms with E-state index in [2.05, 4.69) is 10.3 Å². The molecule has 0 saturated heterocycles. The summed E-state index contributed by atoms with van der Waals surface area (Å²) in [6.45, 7) is 0.291. The SMILES string of the molecule is NCCC(NC(=O)c1ccccn1)c1ccccc1[N+](=O)[O-]. The molecule has 1 heterocycles. The molecule has 114 valence electrons. The molecule has 0 saturated carbocycles. The Morgan fingerprint density at radius 3 is 2.64 bits per heavy atom. The summed E-state index contributed by atoms with van der Waals surface area (Å²) < 4.78 is 0. The summed E-state index contributed by atoms with van der Waals surface area (Å²) in [7, 11) is 0. The van der Waals surface area contributed by atoms with E-state index in [0.29, 0.717) is 18.5 Å². The summed E-state index contributed by atoms with van der Waals surface area (Å²) in [5.74, 6) is -0.391. The molecule has 2 rings (SSSR count). The van der Waals surface area contributed by atoms with Crippen LogP contribution in [0.5, 0.6) is 0 Å². The lowest BCUT2D eigenvalue weighted by Crippen LogP contribution is -2.31. The highest BCUT2D eigenvalue weighted by molar-refractivity contribution is 5.92. The number of amides is 1. The van der Waals surface area contributed by atoms with Gasteiger partial charge in [0.25, 0.3) is 11.6 Å². The van der Waals surface area contributed by atoms with E-state index in [1.54, 1.807) is 36.4 Å². The van der Waals surface area contributed by atoms with Gasteiger partial charge in [0.1, 0.15) is 5.69 Å². The number of aromatic nitrogens is 1. The third-order valence-corrected chi connectivity index (χ3v) is 3.17. The summed E-state index contributed by atoms with van der Waals surface area (Å²) in [6.07, 6.45) is 1.90. The van der Waals surface area contributed by atoms with Crippen molar-refractivity contribution in [3.05, 3.63) is 70.0 Å². The molecule has 1 amide bonds. The molecular weight excluding hydrogens is 284 g/mol. The summed E-state index contributed by atoms with van der Waals surface area (Å²) in [6, 6.07) is 10.7. The normalized spacial score (nSPS) is 11.7. The van der Waals surface area contributed by atoms with Gasteiger partial charge < -0.3 is 11.1 Å². The predicted molar refractivity (Wildman–Crippen MR) is 81.2 cm³/mol. The molecule has 1 aromatic carbocycles. The van der Waals surface area contributed by atoms with Crippen LogP contribution >= 0.6 is 0 Å². The molecule has 1 atom stereocenters. The quantitative estimate of drug-likeness (QED) is 0.624. The first kappa shape index (κ1) is 15.6. The van der Waals surface area contributed by atoms with Crippen molar-refractivity contribution in [2.75, 3.05) is 6.54 Å². The lowest BCUT2D eigenvalue weighted by atomic mass is 10.0. The molecule has 0 radical (unpaired) electrons. The van der Waals surface area contributed by atoms with Gasteiger partial charge in [0.2, 0.25) is 0 Å². The van der Waals surface area contributed by atoms with Crippen molar-refractivity contribution in [3.63, 3.8) is 0 Å². The van der Waals surface area contributed by atoms with E-state index in [4.69, 9.17) is 5.73 Å². The van der Waals surface area contributed by atoms with Gasteiger partial charge in [-0.2, -0.15) is 0 Å². The Morgan fingerprint density at radius 1 is 1.27 bits per heavy atom. The number of carbonyl (C=O) groups is 1. The molecular formula is C15H16N4O3. The standard InChI is InChI=1S/C15H16N4O3/c16-9-8-12(11-5-1-2-7-14(11)19(21)22)18-15(20)13-6-3-4-10-17-13/h1-7,10,12H,8-9,16H2,(H,18,20). The number of nitro benzene ring substituents is 1. The van der Waals surface area contributed by atoms with Crippen LogP contribution in [0.2, 0.25) is 0 Å². The molecule has 1 unspecified atom stereocenters. The summed E-state index contributed by atoms with van der Waals surface area (Å²) in [5, 5.41) is 13.9. The van der Waals surface area contributed by atoms with E-state index in [1.165, 1.54) is 12.3 Å². The number of nitrogens with two attached hydrogens (primary N) is 1. The molecule has 0 aliphatic carbocycles. The third kappa shape index (κ3) is 3.64. The van der Waals surface area contributed by atoms with Crippen LogP contribution in [0.1, 0.15) is 28.5 Å². The largest absolute Gasteiger partial charge is 0.344 e. The summed E-state index contributed by atoms with van der Waals surface area (Å²) in [5.41, 5.74) is 6.22. The Hall–Kier alpha value is -2.80. The van der Waals surface area contributed by atoms with E-state index in [-0.39, 0.29) is 11.4 Å². The second-order valence-electron chi connectivity index (χ2n) is 4.63. The zero-order chi connectivity index (χ0) is 15.9. The average Bonchev–Trinajstić information content (AvgIpc) is 2.55. The van der Waals surface area contributed by atoms with Crippen LogP contribution in [0.15, 0.2) is 48.7 Å². The molecule has 2 aromatic rings. The number of carbonyl (C=O) groups excluding carboxylic acids is 1. The Bertz CT molecular complexity index is 661. The number of nitrogens with zero attached hydrogens (tertiary/aromatic N) is 2. The molecule has 0 fully saturated rings. The highest BCUT2D eigenvalue weighted by atomic mass is 16.6. The van der Waals surface area contributed by atoms with Crippen molar-refractivity contribution < 1.29 is 9.72 Å². The van der Waals surface area contributed by atoms with Crippen LogP contribution < -0.4 is 11.1 Å². The minimum atomic E-state index is -0.541. The van der Waals surface area contributed by atoms with Gasteiger partial charge in [-0.1, -0.05) is 24.3 Å². The van der Waals surface area contributed by atoms with Crippen LogP contribution in [0.4, 0.5) is 5.69 Å². The molecule has 7 heteroatoms. The fourth-order valence-corrected chi connectivity index (χ4v) is 2.15. The number of benzene rings is 1. The third-order valence-electron chi connectivity index (χ3n) is 3.17. The molecule has 0 spiro atoms. The minimum Gasteiger partial charge on any atom is -0.344 e. The monoisotopic (exact) mass is 300 g/mol. The smallest absolute Gasteiger partial charge is 0.274 e. The van der Waals surface area contributed by atoms with Crippen LogP contribution in [-0.2, 0) is 0 Å². The van der Waals surface area contributed by atoms with E-state index >= 15 is 0 Å². The highest BCUT2D eigenvalue weighted by Crippen LogP contribution is 2.26. The first-order valence-electron chi connectivity index (χ1n) is 6.78. The Balaban J connectivity index is 2.28. The highest BCUT2D eigenvalue weighted by Gasteiger charge is 2.23. The van der Waals surface area contributed by atoms with Crippen molar-refractivity contribution in [1.82, 2.24) is 10.3 Å². The second kappa shape index (κ2) is 7.28. The van der Waals surface area contributed by atoms with E-state index in [1.807, 2.05) is 0 Å². The first-order valence-corrected chi connectivity index (χ1v) is 6.78. The van der Waals surface area contributed by atoms with Gasteiger partial charge in [-0.25, -0.2) is 0 Å². The Labute approximate surface area is 127 Å². The fraction of sp³-hybridized carbons (Fsp3) is 0.200. The zero-order valence-electron chi connectivity index (χ0n) is 11.8. The van der Waals surface area contributed by atoms with Gasteiger partial charge in [-0.05, 0) is 25.1 Å². The summed E-state index contributed by atoms with van der Waals surface area (Å²) >= 11 is 0. The van der Waals surface area contributed by atoms with Gasteiger partial charge in [0.15, 0.2) is 0 Å². The number of nitrogens with one attached hydrogen (secondary N) is 1. The topological polar surface area (TPSA) is 111 Å². The number of para-hydroxylation sites is 1. The molecule has 1 aromatic heterocycles. The van der Waals surface area contributed by atoms with Gasteiger partial charge in [0.05, 0.1) is 16.5 Å². The fourth-order valence-electron chi connectivity index (χ4n) is 2.15. The van der Waals surface area contributed by atoms with E-state index < -0.39 is 16.9 Å². The first-order chi connectivity index (χ1) is 10.6. The zero-order valence-corrected chi connectivity index (χ0v) is 11.8. The Kier molecular flexibility index (Phi) is 5.16. The van der Waals surface area contributed by atoms with Crippen LogP contribution in [0.25, 0.3) is 0 Å². The number of rotatable bonds is 6. The van der Waals surface area contributed by atoms with Crippen LogP contribution in [0, 0.1) is 10.1 Å². The molecule has 0 bridgehead atoms. The molecule has 0 aliphatic heterocycles. The second-order valence-corrected chi connectivity index (χ2v) is 4.63. The number of hydrogen-bond donors (Lipinski definition) is 2. The number of hydrogen-bond acceptors (Lipinski definition) is 5. The molecule has 22 heavy (non-hydrogen) atoms. The maximum atomic E-state index is 12.2. The van der Waals surface area contributed by atoms with Gasteiger partial charge >= 0.3 is 0 Å².